The Bertz CT molecular complexity index is 739. The second-order valence-corrected chi connectivity index (χ2v) is 11.0. The SMILES string of the molecule is CC(=O)OC1C=C[C@@]2(C)C(=CCC3C2CC[C@@]2(C)C3CC(Br)C23OCCO3)C1. The molecule has 5 rings (SSSR count). The van der Waals surface area contributed by atoms with E-state index >= 15 is 0 Å². The van der Waals surface area contributed by atoms with E-state index in [1.165, 1.54) is 18.9 Å². The summed E-state index contributed by atoms with van der Waals surface area (Å²) in [6.45, 7) is 7.73. The average molecular weight is 451 g/mol. The lowest BCUT2D eigenvalue weighted by molar-refractivity contribution is -0.237. The molecule has 5 heteroatoms. The molecule has 0 bridgehead atoms. The molecule has 28 heavy (non-hydrogen) atoms. The van der Waals surface area contributed by atoms with Crippen molar-refractivity contribution in [3.8, 4) is 0 Å². The Morgan fingerprint density at radius 1 is 1.25 bits per heavy atom. The molecule has 0 aromatic heterocycles. The second-order valence-electron chi connectivity index (χ2n) is 9.86. The van der Waals surface area contributed by atoms with Gasteiger partial charge < -0.3 is 14.2 Å². The van der Waals surface area contributed by atoms with Gasteiger partial charge in [-0.2, -0.15) is 0 Å². The number of alkyl halides is 1. The number of allylic oxidation sites excluding steroid dienone is 2. The summed E-state index contributed by atoms with van der Waals surface area (Å²) in [6, 6.07) is 0. The summed E-state index contributed by atoms with van der Waals surface area (Å²) in [7, 11) is 0. The normalized spacial score (nSPS) is 48.6. The van der Waals surface area contributed by atoms with Crippen molar-refractivity contribution in [1.29, 1.82) is 0 Å². The van der Waals surface area contributed by atoms with Crippen LogP contribution in [0.4, 0.5) is 0 Å². The van der Waals surface area contributed by atoms with Crippen molar-refractivity contribution in [3.63, 3.8) is 0 Å². The fourth-order valence-electron chi connectivity index (χ4n) is 7.38. The van der Waals surface area contributed by atoms with Crippen LogP contribution in [0.15, 0.2) is 23.8 Å². The zero-order valence-electron chi connectivity index (χ0n) is 17.1. The number of carbonyl (C=O) groups excluding carboxylic acids is 1. The summed E-state index contributed by atoms with van der Waals surface area (Å²) >= 11 is 3.95. The number of hydrogen-bond acceptors (Lipinski definition) is 4. The maximum Gasteiger partial charge on any atom is 0.303 e. The van der Waals surface area contributed by atoms with Crippen LogP contribution in [-0.4, -0.2) is 35.9 Å². The van der Waals surface area contributed by atoms with E-state index in [9.17, 15) is 4.79 Å². The average Bonchev–Trinajstić information content (AvgIpc) is 3.22. The minimum atomic E-state index is -0.448. The molecule has 0 aromatic carbocycles. The maximum absolute atomic E-state index is 11.4. The van der Waals surface area contributed by atoms with Gasteiger partial charge in [0.15, 0.2) is 5.79 Å². The van der Waals surface area contributed by atoms with E-state index in [-0.39, 0.29) is 27.7 Å². The van der Waals surface area contributed by atoms with Crippen molar-refractivity contribution in [2.24, 2.45) is 28.6 Å². The summed E-state index contributed by atoms with van der Waals surface area (Å²) in [4.78, 5) is 11.7. The zero-order chi connectivity index (χ0) is 19.7. The predicted octanol–water partition coefficient (Wildman–Crippen LogP) is 4.77. The Hall–Kier alpha value is -0.650. The van der Waals surface area contributed by atoms with E-state index in [4.69, 9.17) is 14.2 Å². The number of halogens is 1. The molecule has 0 N–H and O–H groups in total. The molecule has 0 amide bonds. The highest BCUT2D eigenvalue weighted by Gasteiger charge is 2.69. The molecule has 1 heterocycles. The molecule has 0 radical (unpaired) electrons. The van der Waals surface area contributed by atoms with E-state index in [0.29, 0.717) is 31.0 Å². The Morgan fingerprint density at radius 3 is 2.71 bits per heavy atom. The Labute approximate surface area is 176 Å². The van der Waals surface area contributed by atoms with Gasteiger partial charge >= 0.3 is 5.97 Å². The smallest absolute Gasteiger partial charge is 0.303 e. The van der Waals surface area contributed by atoms with E-state index in [2.05, 4.69) is 48.0 Å². The molecule has 1 saturated heterocycles. The van der Waals surface area contributed by atoms with Crippen LogP contribution in [0.3, 0.4) is 0 Å². The van der Waals surface area contributed by atoms with Crippen LogP contribution < -0.4 is 0 Å². The molecule has 2 saturated carbocycles. The molecule has 154 valence electrons. The highest BCUT2D eigenvalue weighted by molar-refractivity contribution is 9.09. The third kappa shape index (κ3) is 2.45. The summed E-state index contributed by atoms with van der Waals surface area (Å²) in [5.41, 5.74) is 1.61. The van der Waals surface area contributed by atoms with Gasteiger partial charge in [0.25, 0.3) is 0 Å². The summed E-state index contributed by atoms with van der Waals surface area (Å²) < 4.78 is 18.1. The monoisotopic (exact) mass is 450 g/mol. The lowest BCUT2D eigenvalue weighted by atomic mass is 9.49. The molecule has 1 aliphatic heterocycles. The first-order valence-corrected chi connectivity index (χ1v) is 11.7. The van der Waals surface area contributed by atoms with Crippen LogP contribution in [0.2, 0.25) is 0 Å². The molecular formula is C23H31BrO4. The van der Waals surface area contributed by atoms with Crippen LogP contribution >= 0.6 is 15.9 Å². The highest BCUT2D eigenvalue weighted by Crippen LogP contribution is 2.69. The summed E-state index contributed by atoms with van der Waals surface area (Å²) in [5.74, 6) is 1.24. The van der Waals surface area contributed by atoms with E-state index in [0.717, 1.165) is 25.7 Å². The minimum Gasteiger partial charge on any atom is -0.458 e. The zero-order valence-corrected chi connectivity index (χ0v) is 18.7. The van der Waals surface area contributed by atoms with Gasteiger partial charge in [-0.3, -0.25) is 4.79 Å². The quantitative estimate of drug-likeness (QED) is 0.327. The minimum absolute atomic E-state index is 0.0686. The number of fused-ring (bicyclic) bond motifs is 6. The number of hydrogen-bond donors (Lipinski definition) is 0. The van der Waals surface area contributed by atoms with Crippen LogP contribution in [0.5, 0.6) is 0 Å². The molecule has 1 spiro atoms. The van der Waals surface area contributed by atoms with Gasteiger partial charge in [-0.05, 0) is 49.5 Å². The van der Waals surface area contributed by atoms with Crippen LogP contribution in [-0.2, 0) is 19.0 Å². The molecule has 4 aliphatic carbocycles. The largest absolute Gasteiger partial charge is 0.458 e. The topological polar surface area (TPSA) is 44.8 Å². The molecule has 4 nitrogen and oxygen atoms in total. The van der Waals surface area contributed by atoms with Gasteiger partial charge in [-0.25, -0.2) is 0 Å². The van der Waals surface area contributed by atoms with Crippen molar-refractivity contribution in [1.82, 2.24) is 0 Å². The molecular weight excluding hydrogens is 420 g/mol. The van der Waals surface area contributed by atoms with E-state index < -0.39 is 5.79 Å². The first-order chi connectivity index (χ1) is 13.3. The van der Waals surface area contributed by atoms with E-state index in [1.54, 1.807) is 0 Å². The standard InChI is InChI=1S/C23H31BrO4/c1-14(25)28-16-6-8-21(2)15(12-16)4-5-17-18(21)7-9-22(3)19(17)13-20(24)23(22)26-10-11-27-23/h4,6,8,16-20H,5,7,9-13H2,1-3H3/t16?,17?,18?,19?,20?,21-,22-/m0/s1. The molecule has 5 unspecified atom stereocenters. The van der Waals surface area contributed by atoms with Crippen molar-refractivity contribution in [2.45, 2.75) is 69.6 Å². The predicted molar refractivity (Wildman–Crippen MR) is 110 cm³/mol. The van der Waals surface area contributed by atoms with Crippen molar-refractivity contribution in [2.75, 3.05) is 13.2 Å². The molecule has 7 atom stereocenters. The van der Waals surface area contributed by atoms with Gasteiger partial charge in [0, 0.05) is 24.2 Å². The Kier molecular flexibility index (Phi) is 4.43. The van der Waals surface area contributed by atoms with Gasteiger partial charge in [0.1, 0.15) is 6.10 Å². The lowest BCUT2D eigenvalue weighted by Crippen LogP contribution is -2.56. The van der Waals surface area contributed by atoms with Gasteiger partial charge in [0.2, 0.25) is 0 Å². The third-order valence-electron chi connectivity index (χ3n) is 8.71. The van der Waals surface area contributed by atoms with Crippen LogP contribution in [0.1, 0.15) is 52.9 Å². The van der Waals surface area contributed by atoms with E-state index in [1.807, 2.05) is 0 Å². The highest BCUT2D eigenvalue weighted by atomic mass is 79.9. The van der Waals surface area contributed by atoms with Crippen molar-refractivity contribution < 1.29 is 19.0 Å². The van der Waals surface area contributed by atoms with Crippen molar-refractivity contribution >= 4 is 21.9 Å². The van der Waals surface area contributed by atoms with Crippen molar-refractivity contribution in [3.05, 3.63) is 23.8 Å². The summed E-state index contributed by atoms with van der Waals surface area (Å²) in [5, 5.41) is 0. The number of carbonyl (C=O) groups is 1. The maximum atomic E-state index is 11.4. The van der Waals surface area contributed by atoms with Crippen LogP contribution in [0, 0.1) is 28.6 Å². The summed E-state index contributed by atoms with van der Waals surface area (Å²) in [6.07, 6.45) is 12.2. The third-order valence-corrected chi connectivity index (χ3v) is 9.68. The van der Waals surface area contributed by atoms with Crippen LogP contribution in [0.25, 0.3) is 0 Å². The first kappa shape index (κ1) is 19.3. The fourth-order valence-corrected chi connectivity index (χ4v) is 8.57. The number of ether oxygens (including phenoxy) is 3. The molecule has 0 aromatic rings. The van der Waals surface area contributed by atoms with Gasteiger partial charge in [-0.1, -0.05) is 47.5 Å². The Balaban J connectivity index is 1.46. The first-order valence-electron chi connectivity index (χ1n) is 10.8. The number of rotatable bonds is 1. The lowest BCUT2D eigenvalue weighted by Gasteiger charge is -2.57. The molecule has 3 fully saturated rings. The molecule has 5 aliphatic rings. The fraction of sp³-hybridized carbons (Fsp3) is 0.783. The Morgan fingerprint density at radius 2 is 2.00 bits per heavy atom. The van der Waals surface area contributed by atoms with Gasteiger partial charge in [0.05, 0.1) is 18.0 Å². The number of esters is 1. The second kappa shape index (κ2) is 6.42. The van der Waals surface area contributed by atoms with Gasteiger partial charge in [-0.15, -0.1) is 0 Å².